The van der Waals surface area contributed by atoms with Crippen LogP contribution in [0, 0.1) is 17.8 Å². The molecule has 0 aliphatic carbocycles. The fraction of sp³-hybridized carbons (Fsp3) is 0.899. The van der Waals surface area contributed by atoms with Gasteiger partial charge in [-0.15, -0.1) is 0 Å². The minimum atomic E-state index is -4.97. The molecule has 3 unspecified atom stereocenters. The van der Waals surface area contributed by atoms with E-state index < -0.39 is 97.5 Å². The molecule has 0 amide bonds. The Morgan fingerprint density at radius 1 is 0.337 bits per heavy atom. The second kappa shape index (κ2) is 68.9. The number of unbranched alkanes of at least 4 members (excludes halogenated alkanes) is 39. The van der Waals surface area contributed by atoms with Gasteiger partial charge in [0.2, 0.25) is 0 Å². The first-order valence-corrected chi connectivity index (χ1v) is 43.2. The molecule has 0 aromatic carbocycles. The maximum atomic E-state index is 13.1. The Bertz CT molecular complexity index is 2000. The van der Waals surface area contributed by atoms with Gasteiger partial charge < -0.3 is 33.8 Å². The minimum absolute atomic E-state index is 0.0840. The van der Waals surface area contributed by atoms with Crippen LogP contribution in [0.5, 0.6) is 0 Å². The molecule has 0 rings (SSSR count). The molecule has 19 heteroatoms. The summed E-state index contributed by atoms with van der Waals surface area (Å²) in [6.45, 7) is 11.8. The number of rotatable bonds is 75. The highest BCUT2D eigenvalue weighted by atomic mass is 31.2. The van der Waals surface area contributed by atoms with Gasteiger partial charge in [-0.05, 0) is 69.1 Å². The second-order valence-electron chi connectivity index (χ2n) is 29.0. The number of phosphoric ester groups is 2. The lowest BCUT2D eigenvalue weighted by Crippen LogP contribution is -2.30. The molecule has 6 atom stereocenters. The number of hydrogen-bond donors (Lipinski definition) is 3. The van der Waals surface area contributed by atoms with Crippen molar-refractivity contribution in [3.8, 4) is 0 Å². The van der Waals surface area contributed by atoms with Gasteiger partial charge in [-0.2, -0.15) is 0 Å². The summed E-state index contributed by atoms with van der Waals surface area (Å²) < 4.78 is 68.6. The molecule has 0 aliphatic heterocycles. The van der Waals surface area contributed by atoms with Crippen LogP contribution in [0.4, 0.5) is 0 Å². The molecule has 0 bridgehead atoms. The number of phosphoric acid groups is 2. The van der Waals surface area contributed by atoms with E-state index in [9.17, 15) is 43.2 Å². The Kier molecular flexibility index (Phi) is 67.2. The van der Waals surface area contributed by atoms with Crippen molar-refractivity contribution < 1.29 is 80.2 Å². The summed E-state index contributed by atoms with van der Waals surface area (Å²) in [5, 5.41) is 10.6. The van der Waals surface area contributed by atoms with E-state index in [1.54, 1.807) is 0 Å². The predicted octanol–water partition coefficient (Wildman–Crippen LogP) is 22.9. The van der Waals surface area contributed by atoms with Crippen molar-refractivity contribution >= 4 is 39.5 Å². The van der Waals surface area contributed by atoms with Gasteiger partial charge in [0.15, 0.2) is 12.2 Å². The first-order valence-electron chi connectivity index (χ1n) is 40.2. The number of ether oxygens (including phenoxy) is 4. The molecule has 0 saturated heterocycles. The number of aliphatic hydroxyl groups excluding tert-OH is 1. The zero-order valence-corrected chi connectivity index (χ0v) is 65.5. The molecule has 0 aliphatic rings. The summed E-state index contributed by atoms with van der Waals surface area (Å²) in [6, 6.07) is 0. The van der Waals surface area contributed by atoms with Gasteiger partial charge in [-0.3, -0.25) is 37.3 Å². The summed E-state index contributed by atoms with van der Waals surface area (Å²) in [4.78, 5) is 72.9. The SMILES string of the molecule is CCCCCC/C=C\C=C/CCCCCCCC(=O)O[C@H](COC(=O)CCCCCCCCC(C)CC)COP(=O)(O)OC[C@H](O)COP(=O)(O)OC[C@@H](COC(=O)CCCCCCCCCCCCCCCCCC(C)C)OC(=O)CCCCCCCCCCCCCCC(C)C. The number of carbonyl (C=O) groups excluding carboxylic acids is 4. The number of hydrogen-bond acceptors (Lipinski definition) is 15. The monoisotopic (exact) mass is 1430 g/mol. The van der Waals surface area contributed by atoms with Crippen LogP contribution in [0.3, 0.4) is 0 Å². The van der Waals surface area contributed by atoms with Crippen LogP contribution in [0.2, 0.25) is 0 Å². The van der Waals surface area contributed by atoms with Crippen molar-refractivity contribution in [2.45, 2.75) is 401 Å². The molecule has 0 aromatic rings. The van der Waals surface area contributed by atoms with Crippen LogP contribution < -0.4 is 0 Å². The molecular weight excluding hydrogens is 1280 g/mol. The van der Waals surface area contributed by atoms with Gasteiger partial charge in [-0.25, -0.2) is 9.13 Å². The highest BCUT2D eigenvalue weighted by molar-refractivity contribution is 7.47. The van der Waals surface area contributed by atoms with E-state index in [0.29, 0.717) is 25.7 Å². The minimum Gasteiger partial charge on any atom is -0.462 e. The molecule has 98 heavy (non-hydrogen) atoms. The fourth-order valence-electron chi connectivity index (χ4n) is 11.6. The highest BCUT2D eigenvalue weighted by Crippen LogP contribution is 2.45. The molecule has 0 heterocycles. The van der Waals surface area contributed by atoms with Crippen molar-refractivity contribution in [3.63, 3.8) is 0 Å². The zero-order valence-electron chi connectivity index (χ0n) is 63.7. The second-order valence-corrected chi connectivity index (χ2v) is 31.9. The third kappa shape index (κ3) is 70.6. The number of allylic oxidation sites excluding steroid dienone is 4. The molecule has 0 saturated carbocycles. The topological polar surface area (TPSA) is 237 Å². The van der Waals surface area contributed by atoms with Crippen molar-refractivity contribution in [1.82, 2.24) is 0 Å². The lowest BCUT2D eigenvalue weighted by Gasteiger charge is -2.21. The van der Waals surface area contributed by atoms with Gasteiger partial charge >= 0.3 is 39.5 Å². The number of aliphatic hydroxyl groups is 1. The largest absolute Gasteiger partial charge is 0.472 e. The lowest BCUT2D eigenvalue weighted by molar-refractivity contribution is -0.161. The smallest absolute Gasteiger partial charge is 0.462 e. The maximum absolute atomic E-state index is 13.1. The molecule has 0 spiro atoms. The molecule has 578 valence electrons. The predicted molar refractivity (Wildman–Crippen MR) is 400 cm³/mol. The van der Waals surface area contributed by atoms with Crippen molar-refractivity contribution in [2.24, 2.45) is 17.8 Å². The van der Waals surface area contributed by atoms with Gasteiger partial charge in [0.05, 0.1) is 26.4 Å². The van der Waals surface area contributed by atoms with Gasteiger partial charge in [0.1, 0.15) is 19.3 Å². The van der Waals surface area contributed by atoms with Crippen LogP contribution >= 0.6 is 15.6 Å². The van der Waals surface area contributed by atoms with E-state index in [2.05, 4.69) is 72.8 Å². The summed E-state index contributed by atoms with van der Waals surface area (Å²) in [5.74, 6) is 0.162. The standard InChI is InChI=1S/C79H150O17P2/c1-8-10-11-12-13-14-15-16-18-23-29-34-39-48-55-62-79(84)96-75(67-90-77(82)61-54-47-42-41-45-52-59-72(7)9-2)69-94-98(87,88)92-65-73(80)64-91-97(85,86)93-68-74(95-78(83)63-56-49-40-35-30-25-24-27-32-37-44-51-58-71(5)6)66-89-76(81)60-53-46-38-33-28-22-20-17-19-21-26-31-36-43-50-57-70(3)4/h14-16,18,70-75,80H,8-13,17,19-69H2,1-7H3,(H,85,86)(H,87,88)/b15-14-,18-16-/t72?,73-,74-,75-/m1/s1. The Balaban J connectivity index is 5.28. The van der Waals surface area contributed by atoms with E-state index in [1.165, 1.54) is 173 Å². The van der Waals surface area contributed by atoms with Crippen LogP contribution in [0.1, 0.15) is 382 Å². The Morgan fingerprint density at radius 3 is 0.908 bits per heavy atom. The first kappa shape index (κ1) is 95.5. The Morgan fingerprint density at radius 2 is 0.602 bits per heavy atom. The molecule has 0 radical (unpaired) electrons. The van der Waals surface area contributed by atoms with Gasteiger partial charge in [-0.1, -0.05) is 330 Å². The Labute approximate surface area is 599 Å². The molecular formula is C79H150O17P2. The van der Waals surface area contributed by atoms with Crippen molar-refractivity contribution in [1.29, 1.82) is 0 Å². The van der Waals surface area contributed by atoms with Crippen LogP contribution in [0.15, 0.2) is 24.3 Å². The van der Waals surface area contributed by atoms with Crippen LogP contribution in [-0.2, 0) is 65.4 Å². The zero-order chi connectivity index (χ0) is 72.3. The molecule has 0 aromatic heterocycles. The van der Waals surface area contributed by atoms with Gasteiger partial charge in [0.25, 0.3) is 0 Å². The maximum Gasteiger partial charge on any atom is 0.472 e. The molecule has 17 nitrogen and oxygen atoms in total. The lowest BCUT2D eigenvalue weighted by atomic mass is 10.00. The molecule has 3 N–H and O–H groups in total. The summed E-state index contributed by atoms with van der Waals surface area (Å²) >= 11 is 0. The summed E-state index contributed by atoms with van der Waals surface area (Å²) in [6.07, 6.45) is 59.1. The van der Waals surface area contributed by atoms with E-state index in [-0.39, 0.29) is 25.7 Å². The average Bonchev–Trinajstić information content (AvgIpc) is 1.89. The fourth-order valence-corrected chi connectivity index (χ4v) is 13.1. The highest BCUT2D eigenvalue weighted by Gasteiger charge is 2.30. The summed E-state index contributed by atoms with van der Waals surface area (Å²) in [7, 11) is -9.93. The number of esters is 4. The average molecular weight is 1430 g/mol. The third-order valence-electron chi connectivity index (χ3n) is 18.1. The van der Waals surface area contributed by atoms with Crippen LogP contribution in [-0.4, -0.2) is 96.7 Å². The normalized spacial score (nSPS) is 14.4. The Hall–Kier alpha value is -2.46. The third-order valence-corrected chi connectivity index (χ3v) is 20.0. The number of carbonyl (C=O) groups is 4. The van der Waals surface area contributed by atoms with Crippen molar-refractivity contribution in [3.05, 3.63) is 24.3 Å². The van der Waals surface area contributed by atoms with Crippen LogP contribution in [0.25, 0.3) is 0 Å². The van der Waals surface area contributed by atoms with E-state index in [4.69, 9.17) is 37.0 Å². The van der Waals surface area contributed by atoms with E-state index in [1.807, 2.05) is 0 Å². The first-order chi connectivity index (χ1) is 47.3. The van der Waals surface area contributed by atoms with Gasteiger partial charge in [0, 0.05) is 25.7 Å². The summed E-state index contributed by atoms with van der Waals surface area (Å²) in [5.41, 5.74) is 0. The van der Waals surface area contributed by atoms with E-state index in [0.717, 1.165) is 127 Å². The molecule has 0 fully saturated rings. The quantitative estimate of drug-likeness (QED) is 0.0169. The van der Waals surface area contributed by atoms with E-state index >= 15 is 0 Å². The van der Waals surface area contributed by atoms with Crippen molar-refractivity contribution in [2.75, 3.05) is 39.6 Å².